The van der Waals surface area contributed by atoms with Gasteiger partial charge < -0.3 is 10.1 Å². The zero-order valence-corrected chi connectivity index (χ0v) is 23.9. The van der Waals surface area contributed by atoms with Crippen LogP contribution in [0.3, 0.4) is 0 Å². The first-order valence-electron chi connectivity index (χ1n) is 14.3. The number of carbonyl (C=O) groups excluding carboxylic acids is 3. The number of Topliss-reactive ketones (excluding diaryl/α,β-unsaturated/α-hetero) is 1. The summed E-state index contributed by atoms with van der Waals surface area (Å²) in [5.74, 6) is 2.73. The topological polar surface area (TPSA) is 72.5 Å². The molecule has 0 radical (unpaired) electrons. The van der Waals surface area contributed by atoms with Crippen molar-refractivity contribution >= 4 is 23.2 Å². The predicted octanol–water partition coefficient (Wildman–Crippen LogP) is 6.56. The Balaban J connectivity index is 1.71. The lowest BCUT2D eigenvalue weighted by Crippen LogP contribution is -2.52. The maximum Gasteiger partial charge on any atom is 0.457 e. The number of hydrogen-bond acceptors (Lipinski definition) is 5. The number of allylic oxidation sites excluding steroid dienone is 4. The Hall–Kier alpha value is -3.34. The summed E-state index contributed by atoms with van der Waals surface area (Å²) in [5, 5.41) is 3.13. The zero-order valence-electron chi connectivity index (χ0n) is 23.9. The van der Waals surface area contributed by atoms with Gasteiger partial charge in [0.1, 0.15) is 0 Å². The number of hydrogen-bond donors (Lipinski definition) is 1. The highest BCUT2D eigenvalue weighted by Gasteiger charge is 2.66. The van der Waals surface area contributed by atoms with E-state index in [1.54, 1.807) is 6.08 Å². The second kappa shape index (κ2) is 10.5. The van der Waals surface area contributed by atoms with Crippen LogP contribution in [-0.2, 0) is 19.1 Å². The van der Waals surface area contributed by atoms with E-state index in [1.165, 1.54) is 24.0 Å². The van der Waals surface area contributed by atoms with Crippen molar-refractivity contribution in [3.8, 4) is 11.8 Å². The fraction of sp³-hybridized carbons (Fsp3) is 0.545. The van der Waals surface area contributed by atoms with Crippen molar-refractivity contribution in [3.63, 3.8) is 0 Å². The van der Waals surface area contributed by atoms with Crippen LogP contribution in [-0.4, -0.2) is 37.4 Å². The Morgan fingerprint density at radius 3 is 2.51 bits per heavy atom. The summed E-state index contributed by atoms with van der Waals surface area (Å²) in [4.78, 5) is 37.9. The highest BCUT2D eigenvalue weighted by molar-refractivity contribution is 5.93. The largest absolute Gasteiger partial charge is 0.458 e. The zero-order chi connectivity index (χ0) is 29.7. The molecule has 0 bridgehead atoms. The van der Waals surface area contributed by atoms with Crippen LogP contribution in [0.1, 0.15) is 70.8 Å². The molecule has 1 aromatic carbocycles. The number of alkyl halides is 3. The van der Waals surface area contributed by atoms with Gasteiger partial charge >= 0.3 is 12.1 Å². The normalized spacial score (nSPS) is 32.6. The van der Waals surface area contributed by atoms with Gasteiger partial charge in [-0.1, -0.05) is 37.5 Å². The lowest BCUT2D eigenvalue weighted by atomic mass is 9.47. The van der Waals surface area contributed by atoms with Gasteiger partial charge in [-0.15, -0.1) is 0 Å². The number of nitrogens with one attached hydrogen (secondary N) is 1. The first kappa shape index (κ1) is 29.2. The van der Waals surface area contributed by atoms with Crippen molar-refractivity contribution < 1.29 is 32.3 Å². The number of benzene rings is 1. The highest BCUT2D eigenvalue weighted by Crippen LogP contribution is 2.70. The number of anilines is 1. The van der Waals surface area contributed by atoms with Crippen LogP contribution in [0.2, 0.25) is 0 Å². The molecule has 2 saturated carbocycles. The summed E-state index contributed by atoms with van der Waals surface area (Å²) < 4.78 is 45.7. The third-order valence-electron chi connectivity index (χ3n) is 10.2. The summed E-state index contributed by atoms with van der Waals surface area (Å²) in [6, 6.07) is 8.04. The average Bonchev–Trinajstić information content (AvgIpc) is 3.23. The summed E-state index contributed by atoms with van der Waals surface area (Å²) in [5.41, 5.74) is 3.03. The minimum absolute atomic E-state index is 0.0363. The molecule has 6 atom stereocenters. The van der Waals surface area contributed by atoms with Crippen LogP contribution < -0.4 is 5.32 Å². The highest BCUT2D eigenvalue weighted by atomic mass is 19.4. The van der Waals surface area contributed by atoms with Crippen LogP contribution in [0.25, 0.3) is 0 Å². The molecule has 5 rings (SSSR count). The van der Waals surface area contributed by atoms with Crippen molar-refractivity contribution in [2.75, 3.05) is 19.0 Å². The molecule has 5 nitrogen and oxygen atoms in total. The fourth-order valence-electron chi connectivity index (χ4n) is 8.36. The monoisotopic (exact) mass is 567 g/mol. The summed E-state index contributed by atoms with van der Waals surface area (Å²) in [7, 11) is 1.83. The first-order chi connectivity index (χ1) is 19.3. The number of esters is 1. The van der Waals surface area contributed by atoms with E-state index >= 15 is 0 Å². The third kappa shape index (κ3) is 5.02. The van der Waals surface area contributed by atoms with Crippen molar-refractivity contribution in [1.82, 2.24) is 0 Å². The van der Waals surface area contributed by atoms with Crippen molar-refractivity contribution in [1.29, 1.82) is 0 Å². The molecule has 0 aromatic heterocycles. The molecule has 8 heteroatoms. The predicted molar refractivity (Wildman–Crippen MR) is 149 cm³/mol. The Bertz CT molecular complexity index is 1400. The minimum Gasteiger partial charge on any atom is -0.458 e. The Morgan fingerprint density at radius 2 is 1.88 bits per heavy atom. The van der Waals surface area contributed by atoms with Crippen molar-refractivity contribution in [3.05, 3.63) is 52.6 Å². The molecule has 41 heavy (non-hydrogen) atoms. The van der Waals surface area contributed by atoms with E-state index in [1.807, 2.05) is 38.2 Å². The third-order valence-corrected chi connectivity index (χ3v) is 10.2. The second-order valence-electron chi connectivity index (χ2n) is 12.3. The molecule has 0 heterocycles. The molecule has 1 N–H and O–H groups in total. The van der Waals surface area contributed by atoms with Gasteiger partial charge in [0.15, 0.2) is 18.2 Å². The fourth-order valence-corrected chi connectivity index (χ4v) is 8.36. The van der Waals surface area contributed by atoms with Crippen LogP contribution in [0.4, 0.5) is 18.9 Å². The van der Waals surface area contributed by atoms with E-state index in [2.05, 4.69) is 18.2 Å². The van der Waals surface area contributed by atoms with E-state index in [-0.39, 0.29) is 35.9 Å². The van der Waals surface area contributed by atoms with E-state index in [9.17, 15) is 27.6 Å². The van der Waals surface area contributed by atoms with Crippen molar-refractivity contribution in [2.24, 2.45) is 28.6 Å². The van der Waals surface area contributed by atoms with E-state index in [4.69, 9.17) is 4.74 Å². The quantitative estimate of drug-likeness (QED) is 0.322. The lowest BCUT2D eigenvalue weighted by molar-refractivity contribution is -0.150. The molecule has 0 saturated heterocycles. The number of ether oxygens (including phenoxy) is 1. The van der Waals surface area contributed by atoms with E-state index in [0.717, 1.165) is 23.2 Å². The Morgan fingerprint density at radius 1 is 1.17 bits per heavy atom. The number of carbonyl (C=O) groups is 3. The first-order valence-corrected chi connectivity index (χ1v) is 14.3. The smallest absolute Gasteiger partial charge is 0.457 e. The number of rotatable bonds is 5. The molecule has 0 spiro atoms. The molecule has 218 valence electrons. The summed E-state index contributed by atoms with van der Waals surface area (Å²) in [6.07, 6.45) is 0.0315. The van der Waals surface area contributed by atoms with Gasteiger partial charge in [0, 0.05) is 37.9 Å². The minimum atomic E-state index is -4.76. The second-order valence-corrected chi connectivity index (χ2v) is 12.3. The number of ketones is 2. The van der Waals surface area contributed by atoms with Gasteiger partial charge in [-0.2, -0.15) is 13.2 Å². The van der Waals surface area contributed by atoms with Gasteiger partial charge in [-0.3, -0.25) is 14.4 Å². The number of halogens is 3. The van der Waals surface area contributed by atoms with Gasteiger partial charge in [-0.25, -0.2) is 0 Å². The summed E-state index contributed by atoms with van der Waals surface area (Å²) in [6.45, 7) is 4.61. The van der Waals surface area contributed by atoms with Gasteiger partial charge in [0.2, 0.25) is 0 Å². The molecule has 1 aromatic rings. The average molecular weight is 568 g/mol. The Labute approximate surface area is 239 Å². The van der Waals surface area contributed by atoms with Crippen LogP contribution in [0, 0.1) is 40.4 Å². The molecule has 1 unspecified atom stereocenters. The molecule has 0 amide bonds. The standard InChI is InChI=1S/C33H36F3NO4/c1-19-15-26-28-11-12-32(13-14-33(34,35)36,29(40)18-41-20(2)38)31(28,3)17-27(21-5-7-22(37-4)8-6-21)30(26)24-10-9-23(39)16-25(19)24/h5-8,16,19,26-28,37H,9-12,15,17-18H2,1-4H3/t19?,26-,27+,28-,31-,32+/m0/s1. The molecule has 4 aliphatic rings. The van der Waals surface area contributed by atoms with E-state index in [0.29, 0.717) is 25.7 Å². The van der Waals surface area contributed by atoms with E-state index < -0.39 is 35.4 Å². The molecule has 0 aliphatic heterocycles. The number of fused-ring (bicyclic) bond motifs is 4. The molecule has 4 aliphatic carbocycles. The van der Waals surface area contributed by atoms with Crippen LogP contribution >= 0.6 is 0 Å². The van der Waals surface area contributed by atoms with Gasteiger partial charge in [0.05, 0.1) is 5.41 Å². The SMILES string of the molecule is CNc1ccc([C@H]2C[C@@]3(C)[C@@H](CC[C@@]3(C#CC(F)(F)F)C(=O)COC(C)=O)[C@@H]3CC(C)C4=CC(=O)CCC4=C32)cc1. The molecular weight excluding hydrogens is 531 g/mol. The maximum absolute atomic E-state index is 13.8. The summed E-state index contributed by atoms with van der Waals surface area (Å²) >= 11 is 0. The Kier molecular flexibility index (Phi) is 7.46. The van der Waals surface area contributed by atoms with Crippen LogP contribution in [0.5, 0.6) is 0 Å². The molecular formula is C33H36F3NO4. The van der Waals surface area contributed by atoms with Gasteiger partial charge in [0.25, 0.3) is 0 Å². The lowest BCUT2D eigenvalue weighted by Gasteiger charge is -2.55. The van der Waals surface area contributed by atoms with Gasteiger partial charge in [-0.05, 0) is 90.2 Å². The van der Waals surface area contributed by atoms with Crippen molar-refractivity contribution in [2.45, 2.75) is 71.4 Å². The maximum atomic E-state index is 13.8. The molecule has 2 fully saturated rings. The van der Waals surface area contributed by atoms with Crippen LogP contribution in [0.15, 0.2) is 47.1 Å².